The molecule has 1 heterocycles. The van der Waals surface area contributed by atoms with Crippen LogP contribution in [0.1, 0.15) is 6.92 Å². The summed E-state index contributed by atoms with van der Waals surface area (Å²) in [5.74, 6) is 0.438. The van der Waals surface area contributed by atoms with Crippen LogP contribution in [0.3, 0.4) is 0 Å². The summed E-state index contributed by atoms with van der Waals surface area (Å²) < 4.78 is 34.5. The van der Waals surface area contributed by atoms with Gasteiger partial charge >= 0.3 is 0 Å². The second-order valence-corrected chi connectivity index (χ2v) is 6.86. The van der Waals surface area contributed by atoms with Crippen molar-refractivity contribution in [3.8, 4) is 11.5 Å². The number of amides is 1. The van der Waals surface area contributed by atoms with Gasteiger partial charge in [0.1, 0.15) is 0 Å². The molecule has 2 rings (SSSR count). The van der Waals surface area contributed by atoms with Crippen molar-refractivity contribution in [2.75, 3.05) is 37.2 Å². The molecule has 0 unspecified atom stereocenters. The summed E-state index contributed by atoms with van der Waals surface area (Å²) in [6, 6.07) is 3.09. The lowest BCUT2D eigenvalue weighted by molar-refractivity contribution is -0.116. The Morgan fingerprint density at radius 1 is 1.38 bits per heavy atom. The van der Waals surface area contributed by atoms with Gasteiger partial charge in [0.15, 0.2) is 11.5 Å². The molecule has 1 aromatic carbocycles. The van der Waals surface area contributed by atoms with E-state index in [0.29, 0.717) is 22.9 Å². The third-order valence-electron chi connectivity index (χ3n) is 3.02. The highest BCUT2D eigenvalue weighted by molar-refractivity contribution is 7.89. The topological polar surface area (TPSA) is 111 Å². The van der Waals surface area contributed by atoms with Crippen LogP contribution in [0, 0.1) is 0 Å². The Kier molecular flexibility index (Phi) is 4.24. The molecule has 0 aliphatic carbocycles. The zero-order valence-electron chi connectivity index (χ0n) is 11.8. The number of fused-ring (bicyclic) bond motifs is 1. The van der Waals surface area contributed by atoms with E-state index < -0.39 is 15.9 Å². The highest BCUT2D eigenvalue weighted by atomic mass is 32.2. The predicted octanol–water partition coefficient (Wildman–Crippen LogP) is 0.218. The lowest BCUT2D eigenvalue weighted by Crippen LogP contribution is -2.35. The monoisotopic (exact) mass is 315 g/mol. The van der Waals surface area contributed by atoms with Crippen molar-refractivity contribution in [1.82, 2.24) is 4.31 Å². The molecule has 0 radical (unpaired) electrons. The van der Waals surface area contributed by atoms with Crippen molar-refractivity contribution in [2.24, 2.45) is 0 Å². The Labute approximate surface area is 122 Å². The van der Waals surface area contributed by atoms with Crippen LogP contribution in [0.25, 0.3) is 0 Å². The summed E-state index contributed by atoms with van der Waals surface area (Å²) in [5.41, 5.74) is 6.47. The van der Waals surface area contributed by atoms with Gasteiger partial charge in [-0.1, -0.05) is 0 Å². The molecule has 0 atom stereocenters. The van der Waals surface area contributed by atoms with E-state index in [1.807, 2.05) is 0 Å². The number of hydrogen-bond donors (Lipinski definition) is 2. The SMILES string of the molecule is CCS(=O)(=O)N(C)CC(=O)Nc1cc2c(cc1N)OCO2. The van der Waals surface area contributed by atoms with Gasteiger partial charge in [0.25, 0.3) is 0 Å². The van der Waals surface area contributed by atoms with Gasteiger partial charge in [-0.15, -0.1) is 0 Å². The van der Waals surface area contributed by atoms with Crippen LogP contribution >= 0.6 is 0 Å². The predicted molar refractivity (Wildman–Crippen MR) is 77.7 cm³/mol. The minimum atomic E-state index is -3.41. The minimum Gasteiger partial charge on any atom is -0.454 e. The average molecular weight is 315 g/mol. The molecule has 9 heteroatoms. The number of ether oxygens (including phenoxy) is 2. The zero-order valence-corrected chi connectivity index (χ0v) is 12.6. The fourth-order valence-corrected chi connectivity index (χ4v) is 2.53. The van der Waals surface area contributed by atoms with Gasteiger partial charge in [-0.05, 0) is 6.92 Å². The average Bonchev–Trinajstić information content (AvgIpc) is 2.85. The van der Waals surface area contributed by atoms with Crippen molar-refractivity contribution in [3.63, 3.8) is 0 Å². The van der Waals surface area contributed by atoms with Gasteiger partial charge in [0.2, 0.25) is 22.7 Å². The molecule has 0 saturated heterocycles. The Morgan fingerprint density at radius 2 is 2.00 bits per heavy atom. The van der Waals surface area contributed by atoms with Crippen LogP contribution in [0.2, 0.25) is 0 Å². The minimum absolute atomic E-state index is 0.0665. The second kappa shape index (κ2) is 5.78. The Bertz CT molecular complexity index is 659. The number of anilines is 2. The quantitative estimate of drug-likeness (QED) is 0.752. The lowest BCUT2D eigenvalue weighted by atomic mass is 10.2. The largest absolute Gasteiger partial charge is 0.454 e. The number of carbonyl (C=O) groups excluding carboxylic acids is 1. The van der Waals surface area contributed by atoms with Crippen molar-refractivity contribution in [1.29, 1.82) is 0 Å². The van der Waals surface area contributed by atoms with Crippen molar-refractivity contribution in [2.45, 2.75) is 6.92 Å². The zero-order chi connectivity index (χ0) is 15.6. The first-order valence-electron chi connectivity index (χ1n) is 6.26. The highest BCUT2D eigenvalue weighted by Crippen LogP contribution is 2.38. The highest BCUT2D eigenvalue weighted by Gasteiger charge is 2.20. The molecular weight excluding hydrogens is 298 g/mol. The van der Waals surface area contributed by atoms with E-state index >= 15 is 0 Å². The molecule has 0 bridgehead atoms. The van der Waals surface area contributed by atoms with E-state index in [2.05, 4.69) is 5.32 Å². The summed E-state index contributed by atoms with van der Waals surface area (Å²) in [7, 11) is -2.06. The number of carbonyl (C=O) groups is 1. The summed E-state index contributed by atoms with van der Waals surface area (Å²) in [6.07, 6.45) is 0. The van der Waals surface area contributed by atoms with Crippen LogP contribution in [0.4, 0.5) is 11.4 Å². The van der Waals surface area contributed by atoms with Crippen molar-refractivity contribution in [3.05, 3.63) is 12.1 Å². The fraction of sp³-hybridized carbons (Fsp3) is 0.417. The number of rotatable bonds is 5. The third kappa shape index (κ3) is 3.37. The van der Waals surface area contributed by atoms with E-state index in [-0.39, 0.29) is 19.1 Å². The molecule has 116 valence electrons. The first kappa shape index (κ1) is 15.4. The van der Waals surface area contributed by atoms with Crippen molar-refractivity contribution >= 4 is 27.3 Å². The molecular formula is C12H17N3O5S. The van der Waals surface area contributed by atoms with Gasteiger partial charge in [-0.3, -0.25) is 4.79 Å². The van der Waals surface area contributed by atoms with E-state index in [1.54, 1.807) is 12.1 Å². The summed E-state index contributed by atoms with van der Waals surface area (Å²) in [4.78, 5) is 11.9. The molecule has 0 fully saturated rings. The molecule has 8 nitrogen and oxygen atoms in total. The molecule has 1 aromatic rings. The third-order valence-corrected chi connectivity index (χ3v) is 4.83. The van der Waals surface area contributed by atoms with Gasteiger partial charge in [0, 0.05) is 19.2 Å². The first-order chi connectivity index (χ1) is 9.83. The number of sulfonamides is 1. The molecule has 1 amide bonds. The van der Waals surface area contributed by atoms with E-state index in [1.165, 1.54) is 14.0 Å². The number of nitrogens with one attached hydrogen (secondary N) is 1. The van der Waals surface area contributed by atoms with Gasteiger partial charge in [-0.25, -0.2) is 8.42 Å². The van der Waals surface area contributed by atoms with E-state index in [9.17, 15) is 13.2 Å². The second-order valence-electron chi connectivity index (χ2n) is 4.50. The number of likely N-dealkylation sites (N-methyl/N-ethyl adjacent to an activating group) is 1. The summed E-state index contributed by atoms with van der Waals surface area (Å²) >= 11 is 0. The van der Waals surface area contributed by atoms with Gasteiger partial charge in [-0.2, -0.15) is 4.31 Å². The number of hydrogen-bond acceptors (Lipinski definition) is 6. The molecule has 0 aromatic heterocycles. The molecule has 0 saturated carbocycles. The van der Waals surface area contributed by atoms with Crippen molar-refractivity contribution < 1.29 is 22.7 Å². The Hall–Kier alpha value is -2.00. The molecule has 3 N–H and O–H groups in total. The Balaban J connectivity index is 2.07. The molecule has 21 heavy (non-hydrogen) atoms. The lowest BCUT2D eigenvalue weighted by Gasteiger charge is -2.16. The van der Waals surface area contributed by atoms with Crippen LogP contribution in [0.5, 0.6) is 11.5 Å². The van der Waals surface area contributed by atoms with Crippen LogP contribution < -0.4 is 20.5 Å². The maximum atomic E-state index is 11.9. The number of benzene rings is 1. The molecule has 0 spiro atoms. The molecule has 1 aliphatic heterocycles. The summed E-state index contributed by atoms with van der Waals surface area (Å²) in [6.45, 7) is 1.33. The fourth-order valence-electron chi connectivity index (χ4n) is 1.78. The maximum Gasteiger partial charge on any atom is 0.239 e. The normalized spacial score (nSPS) is 13.5. The first-order valence-corrected chi connectivity index (χ1v) is 7.87. The van der Waals surface area contributed by atoms with Gasteiger partial charge < -0.3 is 20.5 Å². The van der Waals surface area contributed by atoms with Gasteiger partial charge in [0.05, 0.1) is 23.7 Å². The van der Waals surface area contributed by atoms with Crippen LogP contribution in [-0.2, 0) is 14.8 Å². The number of nitrogens with two attached hydrogens (primary N) is 1. The number of nitrogens with zero attached hydrogens (tertiary/aromatic N) is 1. The number of nitrogen functional groups attached to an aromatic ring is 1. The van der Waals surface area contributed by atoms with E-state index in [0.717, 1.165) is 4.31 Å². The Morgan fingerprint density at radius 3 is 2.62 bits per heavy atom. The molecule has 1 aliphatic rings. The standard InChI is InChI=1S/C12H17N3O5S/c1-3-21(17,18)15(2)6-12(16)14-9-5-11-10(4-8(9)13)19-7-20-11/h4-5H,3,6-7,13H2,1-2H3,(H,14,16). The summed E-state index contributed by atoms with van der Waals surface area (Å²) in [5, 5.41) is 2.56. The maximum absolute atomic E-state index is 11.9. The van der Waals surface area contributed by atoms with Crippen LogP contribution in [0.15, 0.2) is 12.1 Å². The van der Waals surface area contributed by atoms with Crippen LogP contribution in [-0.4, -0.2) is 44.8 Å². The van der Waals surface area contributed by atoms with E-state index in [4.69, 9.17) is 15.2 Å². The smallest absolute Gasteiger partial charge is 0.239 e.